The summed E-state index contributed by atoms with van der Waals surface area (Å²) in [6.07, 6.45) is 0.837. The molecule has 0 bridgehead atoms. The third-order valence-electron chi connectivity index (χ3n) is 2.57. The maximum Gasteiger partial charge on any atom is 0.427 e. The predicted molar refractivity (Wildman–Crippen MR) is 59.7 cm³/mol. The van der Waals surface area contributed by atoms with E-state index in [-0.39, 0.29) is 11.4 Å². The van der Waals surface area contributed by atoms with Gasteiger partial charge in [0.15, 0.2) is 4.98 Å². The van der Waals surface area contributed by atoms with Crippen LogP contribution in [-0.2, 0) is 6.42 Å². The van der Waals surface area contributed by atoms with Crippen molar-refractivity contribution in [3.63, 3.8) is 0 Å². The maximum absolute atomic E-state index is 9.82. The number of phenolic OH excluding ortho intramolecular Hbond substituents is 1. The molecule has 0 atom stereocenters. The SMILES string of the molecule is CCc1cc([N+]#N)c(O)c2ccccc12. The minimum absolute atomic E-state index is 0.0327. The van der Waals surface area contributed by atoms with Gasteiger partial charge in [-0.1, -0.05) is 31.2 Å². The molecule has 0 aliphatic rings. The van der Waals surface area contributed by atoms with E-state index < -0.39 is 0 Å². The van der Waals surface area contributed by atoms with Crippen LogP contribution in [0.3, 0.4) is 0 Å². The topological polar surface area (TPSA) is 48.4 Å². The van der Waals surface area contributed by atoms with Crippen LogP contribution in [0.1, 0.15) is 12.5 Å². The highest BCUT2D eigenvalue weighted by Crippen LogP contribution is 2.37. The lowest BCUT2D eigenvalue weighted by Crippen LogP contribution is -1.84. The summed E-state index contributed by atoms with van der Waals surface area (Å²) >= 11 is 0. The Balaban J connectivity index is 2.92. The van der Waals surface area contributed by atoms with Crippen LogP contribution >= 0.6 is 0 Å². The smallest absolute Gasteiger partial charge is 0.427 e. The second-order valence-electron chi connectivity index (χ2n) is 3.40. The molecule has 0 aromatic heterocycles. The van der Waals surface area contributed by atoms with Crippen molar-refractivity contribution >= 4 is 16.5 Å². The Morgan fingerprint density at radius 2 is 1.93 bits per heavy atom. The normalized spacial score (nSPS) is 10.1. The molecular formula is C12H11N2O+. The van der Waals surface area contributed by atoms with Gasteiger partial charge in [-0.05, 0) is 17.4 Å². The van der Waals surface area contributed by atoms with Crippen molar-refractivity contribution in [1.82, 2.24) is 0 Å². The van der Waals surface area contributed by atoms with Gasteiger partial charge in [-0.25, -0.2) is 0 Å². The number of aryl methyl sites for hydroxylation is 1. The first kappa shape index (κ1) is 9.47. The zero-order chi connectivity index (χ0) is 10.8. The molecule has 0 unspecified atom stereocenters. The molecule has 74 valence electrons. The lowest BCUT2D eigenvalue weighted by atomic mass is 10.0. The van der Waals surface area contributed by atoms with Crippen LogP contribution in [0.15, 0.2) is 30.3 Å². The highest BCUT2D eigenvalue weighted by atomic mass is 16.3. The van der Waals surface area contributed by atoms with Crippen molar-refractivity contribution in [2.24, 2.45) is 0 Å². The number of benzene rings is 2. The fourth-order valence-corrected chi connectivity index (χ4v) is 1.79. The lowest BCUT2D eigenvalue weighted by molar-refractivity contribution is 0.484. The van der Waals surface area contributed by atoms with Gasteiger partial charge >= 0.3 is 5.69 Å². The van der Waals surface area contributed by atoms with Gasteiger partial charge in [0.2, 0.25) is 11.1 Å². The number of hydrogen-bond donors (Lipinski definition) is 1. The monoisotopic (exact) mass is 199 g/mol. The number of rotatable bonds is 1. The molecule has 0 aliphatic carbocycles. The summed E-state index contributed by atoms with van der Waals surface area (Å²) < 4.78 is 0. The number of diazo groups is 1. The minimum Gasteiger partial charge on any atom is -0.501 e. The Bertz CT molecular complexity index is 555. The fourth-order valence-electron chi connectivity index (χ4n) is 1.79. The lowest BCUT2D eigenvalue weighted by Gasteiger charge is -2.03. The van der Waals surface area contributed by atoms with Crippen LogP contribution in [0.2, 0.25) is 0 Å². The molecule has 2 aromatic carbocycles. The van der Waals surface area contributed by atoms with Crippen molar-refractivity contribution in [1.29, 1.82) is 5.39 Å². The average Bonchev–Trinajstić information content (AvgIpc) is 2.30. The molecule has 0 aliphatic heterocycles. The summed E-state index contributed by atoms with van der Waals surface area (Å²) in [5.74, 6) is 0.0327. The quantitative estimate of drug-likeness (QED) is 0.713. The van der Waals surface area contributed by atoms with E-state index in [9.17, 15) is 5.11 Å². The standard InChI is InChI=1S/C12H10N2O/c1-2-8-7-11(14-13)12(15)10-6-4-3-5-9(8)10/h3-7H,2H2,1H3/p+1. The van der Waals surface area contributed by atoms with Crippen LogP contribution in [0.5, 0.6) is 5.75 Å². The van der Waals surface area contributed by atoms with E-state index in [0.717, 1.165) is 22.8 Å². The van der Waals surface area contributed by atoms with E-state index in [2.05, 4.69) is 4.98 Å². The highest BCUT2D eigenvalue weighted by molar-refractivity contribution is 5.95. The second kappa shape index (κ2) is 3.58. The summed E-state index contributed by atoms with van der Waals surface area (Å²) in [5, 5.41) is 20.3. The Morgan fingerprint density at radius 1 is 1.27 bits per heavy atom. The summed E-state index contributed by atoms with van der Waals surface area (Å²) in [4.78, 5) is 3.08. The van der Waals surface area contributed by atoms with Gasteiger partial charge in [0.05, 0.1) is 0 Å². The van der Waals surface area contributed by atoms with Crippen molar-refractivity contribution in [3.05, 3.63) is 40.9 Å². The van der Waals surface area contributed by atoms with Gasteiger partial charge < -0.3 is 5.11 Å². The van der Waals surface area contributed by atoms with Gasteiger partial charge in [0.25, 0.3) is 0 Å². The molecule has 0 heterocycles. The number of nitrogens with zero attached hydrogens (tertiary/aromatic N) is 2. The van der Waals surface area contributed by atoms with Crippen molar-refractivity contribution in [3.8, 4) is 5.75 Å². The van der Waals surface area contributed by atoms with Gasteiger partial charge in [-0.2, -0.15) is 0 Å². The molecule has 0 radical (unpaired) electrons. The number of phenols is 1. The van der Waals surface area contributed by atoms with E-state index in [4.69, 9.17) is 5.39 Å². The molecule has 3 nitrogen and oxygen atoms in total. The number of hydrogen-bond acceptors (Lipinski definition) is 2. The summed E-state index contributed by atoms with van der Waals surface area (Å²) in [5.41, 5.74) is 1.29. The van der Waals surface area contributed by atoms with E-state index in [1.807, 2.05) is 31.2 Å². The zero-order valence-electron chi connectivity index (χ0n) is 8.44. The van der Waals surface area contributed by atoms with E-state index in [1.54, 1.807) is 6.07 Å². The Labute approximate surface area is 87.6 Å². The maximum atomic E-state index is 9.82. The molecule has 0 saturated heterocycles. The van der Waals surface area contributed by atoms with Crippen molar-refractivity contribution in [2.75, 3.05) is 0 Å². The fraction of sp³-hybridized carbons (Fsp3) is 0.167. The average molecular weight is 199 g/mol. The molecule has 1 N–H and O–H groups in total. The first-order valence-corrected chi connectivity index (χ1v) is 4.86. The van der Waals surface area contributed by atoms with Crippen molar-refractivity contribution < 1.29 is 5.11 Å². The summed E-state index contributed by atoms with van der Waals surface area (Å²) in [7, 11) is 0. The summed E-state index contributed by atoms with van der Waals surface area (Å²) in [6.45, 7) is 2.03. The van der Waals surface area contributed by atoms with Crippen molar-refractivity contribution in [2.45, 2.75) is 13.3 Å². The van der Waals surface area contributed by atoms with Gasteiger partial charge in [0.1, 0.15) is 0 Å². The molecule has 2 aromatic rings. The Hall–Kier alpha value is -2.08. The van der Waals surface area contributed by atoms with Gasteiger partial charge in [-0.3, -0.25) is 0 Å². The number of aromatic hydroxyl groups is 1. The molecular weight excluding hydrogens is 188 g/mol. The van der Waals surface area contributed by atoms with Crippen LogP contribution in [0.25, 0.3) is 15.7 Å². The highest BCUT2D eigenvalue weighted by Gasteiger charge is 2.18. The third kappa shape index (κ3) is 1.40. The van der Waals surface area contributed by atoms with Crippen LogP contribution in [0, 0.1) is 5.39 Å². The minimum atomic E-state index is 0.0327. The molecule has 0 spiro atoms. The molecule has 0 fully saturated rings. The molecule has 2 rings (SSSR count). The zero-order valence-corrected chi connectivity index (χ0v) is 8.44. The molecule has 0 amide bonds. The van der Waals surface area contributed by atoms with Gasteiger partial charge in [-0.15, -0.1) is 0 Å². The predicted octanol–water partition coefficient (Wildman–Crippen LogP) is 3.59. The Kier molecular flexibility index (Phi) is 2.26. The Morgan fingerprint density at radius 3 is 2.53 bits per heavy atom. The number of fused-ring (bicyclic) bond motifs is 1. The van der Waals surface area contributed by atoms with E-state index in [0.29, 0.717) is 0 Å². The first-order valence-electron chi connectivity index (χ1n) is 4.86. The van der Waals surface area contributed by atoms with E-state index in [1.165, 1.54) is 0 Å². The molecule has 0 saturated carbocycles. The first-order chi connectivity index (χ1) is 7.27. The van der Waals surface area contributed by atoms with Gasteiger partial charge in [0, 0.05) is 11.5 Å². The summed E-state index contributed by atoms with van der Waals surface area (Å²) in [6, 6.07) is 9.25. The third-order valence-corrected chi connectivity index (χ3v) is 2.57. The second-order valence-corrected chi connectivity index (χ2v) is 3.40. The largest absolute Gasteiger partial charge is 0.501 e. The van der Waals surface area contributed by atoms with Crippen LogP contribution < -0.4 is 0 Å². The van der Waals surface area contributed by atoms with E-state index >= 15 is 0 Å². The molecule has 3 heteroatoms. The van der Waals surface area contributed by atoms with Crippen LogP contribution in [0.4, 0.5) is 5.69 Å². The molecule has 15 heavy (non-hydrogen) atoms. The van der Waals surface area contributed by atoms with Crippen LogP contribution in [-0.4, -0.2) is 5.11 Å².